The van der Waals surface area contributed by atoms with Crippen molar-refractivity contribution in [2.24, 2.45) is 0 Å². The lowest BCUT2D eigenvalue weighted by Gasteiger charge is -2.42. The molecule has 0 saturated carbocycles. The summed E-state index contributed by atoms with van der Waals surface area (Å²) in [6, 6.07) is -0.945. The van der Waals surface area contributed by atoms with Crippen molar-refractivity contribution in [3.8, 4) is 0 Å². The number of aliphatic carboxylic acids is 1. The lowest BCUT2D eigenvalue weighted by Crippen LogP contribution is -2.59. The molecule has 126 valence electrons. The van der Waals surface area contributed by atoms with Crippen LogP contribution in [0.4, 0.5) is 0 Å². The summed E-state index contributed by atoms with van der Waals surface area (Å²) in [5.41, 5.74) is -0.183. The molecule has 8 nitrogen and oxygen atoms in total. The van der Waals surface area contributed by atoms with E-state index in [4.69, 9.17) is 4.74 Å². The third-order valence-corrected chi connectivity index (χ3v) is 3.62. The van der Waals surface area contributed by atoms with Crippen LogP contribution in [0.2, 0.25) is 0 Å². The Kier molecular flexibility index (Phi) is 5.27. The monoisotopic (exact) mass is 322 g/mol. The Balaban J connectivity index is 1.98. The Morgan fingerprint density at radius 1 is 1.52 bits per heavy atom. The minimum Gasteiger partial charge on any atom is -0.480 e. The molecule has 1 aromatic heterocycles. The molecule has 1 aromatic rings. The minimum atomic E-state index is -0.923. The van der Waals surface area contributed by atoms with Crippen LogP contribution in [0.5, 0.6) is 0 Å². The fourth-order valence-electron chi connectivity index (χ4n) is 2.59. The van der Waals surface area contributed by atoms with Crippen LogP contribution >= 0.6 is 0 Å². The first-order valence-corrected chi connectivity index (χ1v) is 7.46. The number of hydrogen-bond acceptors (Lipinski definition) is 6. The van der Waals surface area contributed by atoms with Gasteiger partial charge in [0.05, 0.1) is 18.4 Å². The van der Waals surface area contributed by atoms with Gasteiger partial charge in [-0.3, -0.25) is 19.5 Å². The molecule has 2 heterocycles. The van der Waals surface area contributed by atoms with Gasteiger partial charge in [-0.2, -0.15) is 0 Å². The summed E-state index contributed by atoms with van der Waals surface area (Å²) in [7, 11) is 0. The highest BCUT2D eigenvalue weighted by Crippen LogP contribution is 2.21. The molecule has 23 heavy (non-hydrogen) atoms. The van der Waals surface area contributed by atoms with Gasteiger partial charge in [0.2, 0.25) is 0 Å². The summed E-state index contributed by atoms with van der Waals surface area (Å²) < 4.78 is 5.57. The van der Waals surface area contributed by atoms with Crippen molar-refractivity contribution in [1.29, 1.82) is 0 Å². The number of carboxylic acid groups (broad SMARTS) is 1. The lowest BCUT2D eigenvalue weighted by atomic mass is 10.0. The van der Waals surface area contributed by atoms with E-state index in [9.17, 15) is 14.7 Å². The van der Waals surface area contributed by atoms with Crippen LogP contribution in [0.25, 0.3) is 0 Å². The number of ether oxygens (including phenoxy) is 1. The molecule has 8 heteroatoms. The highest BCUT2D eigenvalue weighted by Gasteiger charge is 2.38. The quantitative estimate of drug-likeness (QED) is 0.795. The molecule has 2 atom stereocenters. The van der Waals surface area contributed by atoms with Crippen molar-refractivity contribution >= 4 is 11.9 Å². The van der Waals surface area contributed by atoms with Gasteiger partial charge in [0.1, 0.15) is 11.7 Å². The van der Waals surface area contributed by atoms with Crippen LogP contribution in [-0.4, -0.2) is 69.2 Å². The van der Waals surface area contributed by atoms with Gasteiger partial charge in [0, 0.05) is 31.5 Å². The van der Waals surface area contributed by atoms with E-state index in [2.05, 4.69) is 15.3 Å². The lowest BCUT2D eigenvalue weighted by molar-refractivity contribution is -0.162. The second-order valence-corrected chi connectivity index (χ2v) is 6.32. The average molecular weight is 322 g/mol. The Bertz CT molecular complexity index is 564. The normalized spacial score (nSPS) is 22.3. The van der Waals surface area contributed by atoms with E-state index in [1.807, 2.05) is 25.7 Å². The van der Waals surface area contributed by atoms with Crippen molar-refractivity contribution in [2.75, 3.05) is 19.7 Å². The van der Waals surface area contributed by atoms with E-state index < -0.39 is 17.6 Å². The maximum absolute atomic E-state index is 12.1. The van der Waals surface area contributed by atoms with Crippen molar-refractivity contribution in [3.63, 3.8) is 0 Å². The van der Waals surface area contributed by atoms with E-state index in [0.29, 0.717) is 13.1 Å². The summed E-state index contributed by atoms with van der Waals surface area (Å²) in [6.07, 6.45) is 4.33. The maximum Gasteiger partial charge on any atom is 0.323 e. The highest BCUT2D eigenvalue weighted by atomic mass is 16.5. The van der Waals surface area contributed by atoms with Crippen molar-refractivity contribution in [1.82, 2.24) is 20.2 Å². The van der Waals surface area contributed by atoms with E-state index in [1.54, 1.807) is 0 Å². The fraction of sp³-hybridized carbons (Fsp3) is 0.600. The summed E-state index contributed by atoms with van der Waals surface area (Å²) >= 11 is 0. The van der Waals surface area contributed by atoms with Gasteiger partial charge in [-0.15, -0.1) is 0 Å². The zero-order chi connectivity index (χ0) is 17.0. The third kappa shape index (κ3) is 4.70. The van der Waals surface area contributed by atoms with E-state index >= 15 is 0 Å². The minimum absolute atomic E-state index is 0.132. The molecule has 0 bridgehead atoms. The van der Waals surface area contributed by atoms with Crippen LogP contribution in [0.1, 0.15) is 31.3 Å². The third-order valence-electron chi connectivity index (χ3n) is 3.62. The van der Waals surface area contributed by atoms with Gasteiger partial charge in [-0.25, -0.2) is 4.98 Å². The van der Waals surface area contributed by atoms with Crippen LogP contribution < -0.4 is 5.32 Å². The number of amides is 1. The number of carbonyl (C=O) groups excluding carboxylic acids is 1. The second kappa shape index (κ2) is 7.01. The topological polar surface area (TPSA) is 105 Å². The molecular formula is C15H22N4O4. The predicted molar refractivity (Wildman–Crippen MR) is 82.0 cm³/mol. The zero-order valence-electron chi connectivity index (χ0n) is 13.5. The molecule has 1 saturated heterocycles. The van der Waals surface area contributed by atoms with Gasteiger partial charge in [-0.05, 0) is 20.8 Å². The molecule has 2 N–H and O–H groups in total. The first-order valence-electron chi connectivity index (χ1n) is 7.46. The van der Waals surface area contributed by atoms with Gasteiger partial charge >= 0.3 is 5.97 Å². The number of hydrogen-bond donors (Lipinski definition) is 2. The molecule has 0 aromatic carbocycles. The standard InChI is InChI=1S/C15H22N4O4/c1-10(18-13(20)11-6-16-4-5-17-11)7-19-9-15(2,3)23-8-12(19)14(21)22/h4-6,10,12H,7-9H2,1-3H3,(H,18,20)(H,21,22). The molecule has 0 spiro atoms. The molecular weight excluding hydrogens is 300 g/mol. The number of carboxylic acids is 1. The molecule has 0 aliphatic carbocycles. The van der Waals surface area contributed by atoms with Gasteiger partial charge in [0.15, 0.2) is 0 Å². The van der Waals surface area contributed by atoms with Crippen molar-refractivity contribution in [2.45, 2.75) is 38.5 Å². The zero-order valence-corrected chi connectivity index (χ0v) is 13.5. The van der Waals surface area contributed by atoms with Crippen molar-refractivity contribution in [3.05, 3.63) is 24.3 Å². The number of rotatable bonds is 5. The Hall–Kier alpha value is -2.06. The average Bonchev–Trinajstić information content (AvgIpc) is 2.46. The summed E-state index contributed by atoms with van der Waals surface area (Å²) in [4.78, 5) is 33.1. The van der Waals surface area contributed by atoms with Gasteiger partial charge in [-0.1, -0.05) is 0 Å². The number of nitrogens with one attached hydrogen (secondary N) is 1. The Morgan fingerprint density at radius 2 is 2.26 bits per heavy atom. The molecule has 1 fully saturated rings. The van der Waals surface area contributed by atoms with E-state index in [-0.39, 0.29) is 24.2 Å². The number of morpholine rings is 1. The van der Waals surface area contributed by atoms with Crippen LogP contribution in [0, 0.1) is 0 Å². The largest absolute Gasteiger partial charge is 0.480 e. The van der Waals surface area contributed by atoms with E-state index in [1.165, 1.54) is 18.6 Å². The highest BCUT2D eigenvalue weighted by molar-refractivity contribution is 5.92. The first-order chi connectivity index (χ1) is 10.8. The molecule has 2 rings (SSSR count). The van der Waals surface area contributed by atoms with Crippen LogP contribution in [0.3, 0.4) is 0 Å². The molecule has 0 radical (unpaired) electrons. The smallest absolute Gasteiger partial charge is 0.323 e. The summed E-state index contributed by atoms with van der Waals surface area (Å²) in [5.74, 6) is -1.25. The Labute approximate surface area is 134 Å². The molecule has 1 aliphatic heterocycles. The number of aromatic nitrogens is 2. The predicted octanol–water partition coefficient (Wildman–Crippen LogP) is 0.159. The molecule has 2 unspecified atom stereocenters. The first kappa shape index (κ1) is 17.3. The number of nitrogens with zero attached hydrogens (tertiary/aromatic N) is 3. The second-order valence-electron chi connectivity index (χ2n) is 6.32. The summed E-state index contributed by atoms with van der Waals surface area (Å²) in [5, 5.41) is 12.1. The molecule has 1 aliphatic rings. The van der Waals surface area contributed by atoms with Crippen molar-refractivity contribution < 1.29 is 19.4 Å². The van der Waals surface area contributed by atoms with Gasteiger partial charge in [0.25, 0.3) is 5.91 Å². The Morgan fingerprint density at radius 3 is 2.87 bits per heavy atom. The SMILES string of the molecule is CC(CN1CC(C)(C)OCC1C(=O)O)NC(=O)c1cnccn1. The summed E-state index contributed by atoms with van der Waals surface area (Å²) in [6.45, 7) is 6.69. The van der Waals surface area contributed by atoms with E-state index in [0.717, 1.165) is 0 Å². The van der Waals surface area contributed by atoms with Gasteiger partial charge < -0.3 is 15.2 Å². The van der Waals surface area contributed by atoms with Crippen LogP contribution in [0.15, 0.2) is 18.6 Å². The molecule has 1 amide bonds. The van der Waals surface area contributed by atoms with Crippen LogP contribution in [-0.2, 0) is 9.53 Å². The fourth-order valence-corrected chi connectivity index (χ4v) is 2.59. The maximum atomic E-state index is 12.1. The number of carbonyl (C=O) groups is 2.